The van der Waals surface area contributed by atoms with Crippen LogP contribution in [0.5, 0.6) is 0 Å². The van der Waals surface area contributed by atoms with Crippen LogP contribution in [0, 0.1) is 19.7 Å². The Labute approximate surface area is 130 Å². The number of hydrogen-bond donors (Lipinski definition) is 2. The van der Waals surface area contributed by atoms with Crippen molar-refractivity contribution in [2.45, 2.75) is 24.1 Å². The highest BCUT2D eigenvalue weighted by molar-refractivity contribution is 7.91. The SMILES string of the molecule is Cc1nn(C)c(C)c1C(NS(=O)(=O)c1sccc1F)C(=O)O. The molecule has 0 aromatic carbocycles. The summed E-state index contributed by atoms with van der Waals surface area (Å²) in [7, 11) is -2.67. The third-order valence-corrected chi connectivity index (χ3v) is 6.06. The van der Waals surface area contributed by atoms with Gasteiger partial charge >= 0.3 is 5.97 Å². The van der Waals surface area contributed by atoms with Crippen LogP contribution in [0.1, 0.15) is 23.0 Å². The molecule has 0 amide bonds. The minimum Gasteiger partial charge on any atom is -0.480 e. The Morgan fingerprint density at radius 3 is 2.55 bits per heavy atom. The van der Waals surface area contributed by atoms with Crippen LogP contribution >= 0.6 is 11.3 Å². The van der Waals surface area contributed by atoms with Gasteiger partial charge in [0, 0.05) is 18.3 Å². The number of rotatable bonds is 5. The Morgan fingerprint density at radius 1 is 1.50 bits per heavy atom. The highest BCUT2D eigenvalue weighted by Gasteiger charge is 2.33. The molecular formula is C12H14FN3O4S2. The number of nitrogens with one attached hydrogen (secondary N) is 1. The molecule has 2 aromatic rings. The van der Waals surface area contributed by atoms with Gasteiger partial charge in [-0.05, 0) is 25.3 Å². The van der Waals surface area contributed by atoms with Gasteiger partial charge in [0.1, 0.15) is 6.04 Å². The van der Waals surface area contributed by atoms with Crippen molar-refractivity contribution >= 4 is 27.3 Å². The van der Waals surface area contributed by atoms with Crippen molar-refractivity contribution in [2.24, 2.45) is 7.05 Å². The maximum Gasteiger partial charge on any atom is 0.326 e. The summed E-state index contributed by atoms with van der Waals surface area (Å²) in [4.78, 5) is 11.5. The number of aliphatic carboxylic acids is 1. The van der Waals surface area contributed by atoms with E-state index in [1.807, 2.05) is 4.72 Å². The highest BCUT2D eigenvalue weighted by atomic mass is 32.2. The van der Waals surface area contributed by atoms with Crippen molar-refractivity contribution in [3.05, 3.63) is 34.2 Å². The molecule has 7 nitrogen and oxygen atoms in total. The van der Waals surface area contributed by atoms with E-state index in [1.165, 1.54) is 10.1 Å². The van der Waals surface area contributed by atoms with Crippen molar-refractivity contribution in [3.63, 3.8) is 0 Å². The number of sulfonamides is 1. The van der Waals surface area contributed by atoms with E-state index in [-0.39, 0.29) is 5.56 Å². The second-order valence-corrected chi connectivity index (χ2v) is 7.48. The van der Waals surface area contributed by atoms with Crippen LogP contribution < -0.4 is 4.72 Å². The van der Waals surface area contributed by atoms with Gasteiger partial charge in [-0.2, -0.15) is 9.82 Å². The van der Waals surface area contributed by atoms with Crippen molar-refractivity contribution in [3.8, 4) is 0 Å². The van der Waals surface area contributed by atoms with Gasteiger partial charge in [0.15, 0.2) is 10.0 Å². The molecule has 0 aliphatic rings. The van der Waals surface area contributed by atoms with Crippen LogP contribution in [0.2, 0.25) is 0 Å². The molecule has 2 rings (SSSR count). The first-order valence-electron chi connectivity index (χ1n) is 6.13. The average Bonchev–Trinajstić information content (AvgIpc) is 2.93. The predicted molar refractivity (Wildman–Crippen MR) is 77.7 cm³/mol. The molecule has 0 fully saturated rings. The first-order chi connectivity index (χ1) is 10.1. The van der Waals surface area contributed by atoms with Gasteiger partial charge in [0.25, 0.3) is 10.0 Å². The molecule has 0 aliphatic carbocycles. The molecule has 10 heteroatoms. The molecule has 2 N–H and O–H groups in total. The van der Waals surface area contributed by atoms with E-state index in [9.17, 15) is 22.7 Å². The zero-order valence-electron chi connectivity index (χ0n) is 12.0. The van der Waals surface area contributed by atoms with Gasteiger partial charge in [-0.15, -0.1) is 11.3 Å². The average molecular weight is 347 g/mol. The van der Waals surface area contributed by atoms with Crippen molar-refractivity contribution in [2.75, 3.05) is 0 Å². The van der Waals surface area contributed by atoms with Gasteiger partial charge in [0.05, 0.1) is 5.69 Å². The number of aromatic nitrogens is 2. The maximum absolute atomic E-state index is 13.5. The van der Waals surface area contributed by atoms with E-state index >= 15 is 0 Å². The smallest absolute Gasteiger partial charge is 0.326 e. The quantitative estimate of drug-likeness (QED) is 0.850. The van der Waals surface area contributed by atoms with E-state index in [0.717, 1.165) is 6.07 Å². The van der Waals surface area contributed by atoms with Crippen molar-refractivity contribution in [1.82, 2.24) is 14.5 Å². The summed E-state index contributed by atoms with van der Waals surface area (Å²) in [6.45, 7) is 3.21. The Morgan fingerprint density at radius 2 is 2.14 bits per heavy atom. The lowest BCUT2D eigenvalue weighted by molar-refractivity contribution is -0.139. The molecule has 2 heterocycles. The van der Waals surface area contributed by atoms with Crippen molar-refractivity contribution < 1.29 is 22.7 Å². The third-order valence-electron chi connectivity index (χ3n) is 3.20. The molecule has 0 aliphatic heterocycles. The zero-order chi connectivity index (χ0) is 16.7. The maximum atomic E-state index is 13.5. The second kappa shape index (κ2) is 5.78. The Hall–Kier alpha value is -1.78. The van der Waals surface area contributed by atoms with Gasteiger partial charge in [-0.3, -0.25) is 9.48 Å². The van der Waals surface area contributed by atoms with E-state index < -0.39 is 32.1 Å². The highest BCUT2D eigenvalue weighted by Crippen LogP contribution is 2.26. The van der Waals surface area contributed by atoms with Crippen LogP contribution in [0.4, 0.5) is 4.39 Å². The topological polar surface area (TPSA) is 101 Å². The molecule has 0 saturated heterocycles. The summed E-state index contributed by atoms with van der Waals surface area (Å²) in [5.41, 5.74) is 1.15. The molecule has 22 heavy (non-hydrogen) atoms. The molecule has 2 aromatic heterocycles. The molecule has 1 unspecified atom stereocenters. The molecule has 0 saturated carbocycles. The number of nitrogens with zero attached hydrogens (tertiary/aromatic N) is 2. The predicted octanol–water partition coefficient (Wildman–Crippen LogP) is 1.34. The summed E-state index contributed by atoms with van der Waals surface area (Å²) in [6, 6.07) is -0.532. The number of carboxylic acid groups (broad SMARTS) is 1. The fraction of sp³-hybridized carbons (Fsp3) is 0.333. The van der Waals surface area contributed by atoms with Gasteiger partial charge < -0.3 is 5.11 Å². The van der Waals surface area contributed by atoms with Gasteiger partial charge in [-0.25, -0.2) is 12.8 Å². The van der Waals surface area contributed by atoms with Crippen molar-refractivity contribution in [1.29, 1.82) is 0 Å². The number of aryl methyl sites for hydroxylation is 2. The summed E-state index contributed by atoms with van der Waals surface area (Å²) in [5, 5.41) is 14.7. The lowest BCUT2D eigenvalue weighted by Gasteiger charge is -2.15. The Kier molecular flexibility index (Phi) is 4.36. The number of carboxylic acids is 1. The fourth-order valence-corrected chi connectivity index (χ4v) is 4.39. The zero-order valence-corrected chi connectivity index (χ0v) is 13.6. The molecule has 0 radical (unpaired) electrons. The summed E-state index contributed by atoms with van der Waals surface area (Å²) < 4.78 is 40.8. The van der Waals surface area contributed by atoms with E-state index in [4.69, 9.17) is 0 Å². The second-order valence-electron chi connectivity index (χ2n) is 4.66. The number of hydrogen-bond acceptors (Lipinski definition) is 5. The number of carbonyl (C=O) groups is 1. The Balaban J connectivity index is 2.47. The molecule has 0 bridgehead atoms. The van der Waals surface area contributed by atoms with Crippen LogP contribution in [0.25, 0.3) is 0 Å². The molecule has 1 atom stereocenters. The van der Waals surface area contributed by atoms with Gasteiger partial charge in [0.2, 0.25) is 0 Å². The first-order valence-corrected chi connectivity index (χ1v) is 8.49. The lowest BCUT2D eigenvalue weighted by atomic mass is 10.1. The Bertz CT molecular complexity index is 826. The summed E-state index contributed by atoms with van der Waals surface area (Å²) >= 11 is 0.680. The van der Waals surface area contributed by atoms with Crippen LogP contribution in [0.15, 0.2) is 15.7 Å². The minimum absolute atomic E-state index is 0.246. The number of thiophene rings is 1. The first kappa shape index (κ1) is 16.6. The van der Waals surface area contributed by atoms with E-state index in [1.54, 1.807) is 20.9 Å². The van der Waals surface area contributed by atoms with Crippen LogP contribution in [-0.4, -0.2) is 29.3 Å². The monoisotopic (exact) mass is 347 g/mol. The summed E-state index contributed by atoms with van der Waals surface area (Å²) in [6.07, 6.45) is 0. The largest absolute Gasteiger partial charge is 0.480 e. The lowest BCUT2D eigenvalue weighted by Crippen LogP contribution is -2.34. The normalized spacial score (nSPS) is 13.3. The van der Waals surface area contributed by atoms with Crippen LogP contribution in [0.3, 0.4) is 0 Å². The van der Waals surface area contributed by atoms with E-state index in [2.05, 4.69) is 5.10 Å². The van der Waals surface area contributed by atoms with Gasteiger partial charge in [-0.1, -0.05) is 0 Å². The third kappa shape index (κ3) is 2.89. The standard InChI is InChI=1S/C12H14FN3O4S2/c1-6-9(7(2)16(3)14-6)10(11(17)18)15-22(19,20)12-8(13)4-5-21-12/h4-5,10,15H,1-3H3,(H,17,18). The molecular weight excluding hydrogens is 333 g/mol. The number of halogens is 1. The minimum atomic E-state index is -4.29. The fourth-order valence-electron chi connectivity index (χ4n) is 2.12. The van der Waals surface area contributed by atoms with E-state index in [0.29, 0.717) is 22.7 Å². The molecule has 0 spiro atoms. The summed E-state index contributed by atoms with van der Waals surface area (Å²) in [5.74, 6) is -2.30. The molecule has 120 valence electrons. The van der Waals surface area contributed by atoms with Crippen LogP contribution in [-0.2, 0) is 21.9 Å².